The Balaban J connectivity index is 2.67. The molecule has 0 aliphatic heterocycles. The highest BCUT2D eigenvalue weighted by Gasteiger charge is 2.12. The number of ether oxygens (including phenoxy) is 2. The molecule has 0 aliphatic carbocycles. The van der Waals surface area contributed by atoms with E-state index in [0.29, 0.717) is 32.0 Å². The summed E-state index contributed by atoms with van der Waals surface area (Å²) < 4.78 is 24.3. The zero-order chi connectivity index (χ0) is 13.4. The molecule has 2 N–H and O–H groups in total. The lowest BCUT2D eigenvalue weighted by Gasteiger charge is -2.15. The molecule has 0 aromatic heterocycles. The zero-order valence-corrected chi connectivity index (χ0v) is 11.1. The van der Waals surface area contributed by atoms with Crippen LogP contribution in [0.1, 0.15) is 25.8 Å². The molecule has 3 nitrogen and oxygen atoms in total. The number of nitrogens with two attached hydrogens (primary N) is 1. The van der Waals surface area contributed by atoms with Crippen molar-refractivity contribution in [3.63, 3.8) is 0 Å². The molecule has 18 heavy (non-hydrogen) atoms. The second-order valence-electron chi connectivity index (χ2n) is 4.15. The molecule has 0 saturated carbocycles. The van der Waals surface area contributed by atoms with Crippen LogP contribution < -0.4 is 10.5 Å². The molecule has 1 aromatic carbocycles. The summed E-state index contributed by atoms with van der Waals surface area (Å²) in [6, 6.07) is 4.97. The van der Waals surface area contributed by atoms with E-state index in [-0.39, 0.29) is 11.9 Å². The van der Waals surface area contributed by atoms with E-state index in [4.69, 9.17) is 15.2 Å². The van der Waals surface area contributed by atoms with Crippen LogP contribution in [0.15, 0.2) is 18.2 Å². The minimum atomic E-state index is -0.340. The second kappa shape index (κ2) is 8.06. The molecule has 0 saturated heterocycles. The van der Waals surface area contributed by atoms with E-state index in [1.165, 1.54) is 6.07 Å². The molecule has 0 spiro atoms. The van der Waals surface area contributed by atoms with Gasteiger partial charge in [-0.1, -0.05) is 19.1 Å². The Morgan fingerprint density at radius 3 is 2.72 bits per heavy atom. The fourth-order valence-corrected chi connectivity index (χ4v) is 1.65. The third kappa shape index (κ3) is 4.63. The van der Waals surface area contributed by atoms with Gasteiger partial charge in [0.15, 0.2) is 11.6 Å². The van der Waals surface area contributed by atoms with Crippen molar-refractivity contribution in [3.8, 4) is 5.75 Å². The van der Waals surface area contributed by atoms with Crippen LogP contribution in [0.3, 0.4) is 0 Å². The van der Waals surface area contributed by atoms with Crippen LogP contribution in [-0.4, -0.2) is 25.9 Å². The van der Waals surface area contributed by atoms with Crippen molar-refractivity contribution in [2.45, 2.75) is 32.7 Å². The fraction of sp³-hybridized carbons (Fsp3) is 0.571. The Morgan fingerprint density at radius 2 is 2.06 bits per heavy atom. The Hall–Kier alpha value is -1.13. The molecule has 102 valence electrons. The largest absolute Gasteiger partial charge is 0.488 e. The summed E-state index contributed by atoms with van der Waals surface area (Å²) in [6.07, 6.45) is 1.48. The standard InChI is InChI=1S/C14H22FNO2/c1-3-12(16)10-11-6-5-7-13(15)14(11)18-9-8-17-4-2/h5-7,12H,3-4,8-10,16H2,1-2H3. The molecule has 1 aromatic rings. The van der Waals surface area contributed by atoms with Gasteiger partial charge in [-0.2, -0.15) is 0 Å². The summed E-state index contributed by atoms with van der Waals surface area (Å²) in [6.45, 7) is 5.37. The van der Waals surface area contributed by atoms with Crippen LogP contribution in [0.25, 0.3) is 0 Å². The van der Waals surface area contributed by atoms with Gasteiger partial charge in [-0.05, 0) is 31.4 Å². The average Bonchev–Trinajstić information content (AvgIpc) is 2.37. The summed E-state index contributed by atoms with van der Waals surface area (Å²) >= 11 is 0. The Labute approximate surface area is 108 Å². The molecule has 0 radical (unpaired) electrons. The molecule has 0 fully saturated rings. The van der Waals surface area contributed by atoms with Gasteiger partial charge in [0.25, 0.3) is 0 Å². The van der Waals surface area contributed by atoms with Crippen molar-refractivity contribution in [3.05, 3.63) is 29.6 Å². The normalized spacial score (nSPS) is 12.4. The lowest BCUT2D eigenvalue weighted by atomic mass is 10.0. The summed E-state index contributed by atoms with van der Waals surface area (Å²) in [4.78, 5) is 0. The van der Waals surface area contributed by atoms with E-state index in [1.807, 2.05) is 19.9 Å². The molecular formula is C14H22FNO2. The van der Waals surface area contributed by atoms with Gasteiger partial charge in [0.05, 0.1) is 6.61 Å². The fourth-order valence-electron chi connectivity index (χ4n) is 1.65. The molecule has 1 unspecified atom stereocenters. The summed E-state index contributed by atoms with van der Waals surface area (Å²) in [5.74, 6) is -0.0339. The molecule has 4 heteroatoms. The van der Waals surface area contributed by atoms with Gasteiger partial charge in [0.1, 0.15) is 6.61 Å². The van der Waals surface area contributed by atoms with E-state index >= 15 is 0 Å². The third-order valence-corrected chi connectivity index (χ3v) is 2.73. The number of hydrogen-bond donors (Lipinski definition) is 1. The highest BCUT2D eigenvalue weighted by molar-refractivity contribution is 5.35. The molecule has 0 heterocycles. The second-order valence-corrected chi connectivity index (χ2v) is 4.15. The minimum absolute atomic E-state index is 0.0287. The third-order valence-electron chi connectivity index (χ3n) is 2.73. The molecule has 0 aliphatic rings. The van der Waals surface area contributed by atoms with Crippen molar-refractivity contribution >= 4 is 0 Å². The van der Waals surface area contributed by atoms with Crippen molar-refractivity contribution in [1.29, 1.82) is 0 Å². The van der Waals surface area contributed by atoms with Crippen molar-refractivity contribution in [1.82, 2.24) is 0 Å². The quantitative estimate of drug-likeness (QED) is 0.726. The Morgan fingerprint density at radius 1 is 1.28 bits per heavy atom. The Kier molecular flexibility index (Phi) is 6.68. The Bertz CT molecular complexity index is 358. The van der Waals surface area contributed by atoms with Gasteiger partial charge in [0.2, 0.25) is 0 Å². The molecule has 0 amide bonds. The summed E-state index contributed by atoms with van der Waals surface area (Å²) in [5.41, 5.74) is 6.72. The van der Waals surface area contributed by atoms with Crippen LogP contribution in [0, 0.1) is 5.82 Å². The topological polar surface area (TPSA) is 44.5 Å². The van der Waals surface area contributed by atoms with Crippen LogP contribution >= 0.6 is 0 Å². The van der Waals surface area contributed by atoms with Crippen LogP contribution in [0.2, 0.25) is 0 Å². The van der Waals surface area contributed by atoms with Gasteiger partial charge >= 0.3 is 0 Å². The van der Waals surface area contributed by atoms with Gasteiger partial charge < -0.3 is 15.2 Å². The number of halogens is 1. The summed E-state index contributed by atoms with van der Waals surface area (Å²) in [7, 11) is 0. The maximum absolute atomic E-state index is 13.7. The average molecular weight is 255 g/mol. The monoisotopic (exact) mass is 255 g/mol. The maximum atomic E-state index is 13.7. The van der Waals surface area contributed by atoms with Crippen LogP contribution in [0.4, 0.5) is 4.39 Å². The van der Waals surface area contributed by atoms with Gasteiger partial charge in [-0.3, -0.25) is 0 Å². The van der Waals surface area contributed by atoms with Gasteiger partial charge in [0, 0.05) is 12.6 Å². The first-order valence-electron chi connectivity index (χ1n) is 6.42. The van der Waals surface area contributed by atoms with E-state index in [0.717, 1.165) is 12.0 Å². The van der Waals surface area contributed by atoms with E-state index in [1.54, 1.807) is 6.07 Å². The first kappa shape index (κ1) is 14.9. The highest BCUT2D eigenvalue weighted by Crippen LogP contribution is 2.24. The highest BCUT2D eigenvalue weighted by atomic mass is 19.1. The van der Waals surface area contributed by atoms with Crippen molar-refractivity contribution in [2.75, 3.05) is 19.8 Å². The van der Waals surface area contributed by atoms with Crippen LogP contribution in [-0.2, 0) is 11.2 Å². The maximum Gasteiger partial charge on any atom is 0.165 e. The van der Waals surface area contributed by atoms with Crippen molar-refractivity contribution < 1.29 is 13.9 Å². The van der Waals surface area contributed by atoms with Crippen molar-refractivity contribution in [2.24, 2.45) is 5.73 Å². The number of benzene rings is 1. The number of rotatable bonds is 8. The SMILES string of the molecule is CCOCCOc1c(F)cccc1CC(N)CC. The predicted octanol–water partition coefficient (Wildman–Crippen LogP) is 2.52. The first-order valence-corrected chi connectivity index (χ1v) is 6.42. The minimum Gasteiger partial charge on any atom is -0.488 e. The smallest absolute Gasteiger partial charge is 0.165 e. The number of para-hydroxylation sites is 1. The van der Waals surface area contributed by atoms with Gasteiger partial charge in [-0.15, -0.1) is 0 Å². The number of hydrogen-bond acceptors (Lipinski definition) is 3. The molecule has 1 atom stereocenters. The van der Waals surface area contributed by atoms with E-state index < -0.39 is 0 Å². The lowest BCUT2D eigenvalue weighted by Crippen LogP contribution is -2.22. The zero-order valence-electron chi connectivity index (χ0n) is 11.1. The first-order chi connectivity index (χ1) is 8.69. The molecule has 0 bridgehead atoms. The lowest BCUT2D eigenvalue weighted by molar-refractivity contribution is 0.108. The molecular weight excluding hydrogens is 233 g/mol. The summed E-state index contributed by atoms with van der Waals surface area (Å²) in [5, 5.41) is 0. The van der Waals surface area contributed by atoms with Gasteiger partial charge in [-0.25, -0.2) is 4.39 Å². The van der Waals surface area contributed by atoms with Crippen LogP contribution in [0.5, 0.6) is 5.75 Å². The van der Waals surface area contributed by atoms with E-state index in [2.05, 4.69) is 0 Å². The predicted molar refractivity (Wildman–Crippen MR) is 70.4 cm³/mol. The molecule has 1 rings (SSSR count). The van der Waals surface area contributed by atoms with E-state index in [9.17, 15) is 4.39 Å².